The zero-order valence-electron chi connectivity index (χ0n) is 14.9. The Morgan fingerprint density at radius 1 is 0.852 bits per heavy atom. The number of halogens is 1. The van der Waals surface area contributed by atoms with Gasteiger partial charge in [0.15, 0.2) is 0 Å². The van der Waals surface area contributed by atoms with E-state index in [0.29, 0.717) is 43.0 Å². The van der Waals surface area contributed by atoms with Crippen molar-refractivity contribution in [1.29, 1.82) is 0 Å². The molecule has 0 aromatic heterocycles. The normalized spacial score (nSPS) is 14.0. The van der Waals surface area contributed by atoms with E-state index in [2.05, 4.69) is 5.32 Å². The van der Waals surface area contributed by atoms with Crippen LogP contribution in [0.2, 0.25) is 0 Å². The van der Waals surface area contributed by atoms with Crippen LogP contribution in [0.3, 0.4) is 0 Å². The quantitative estimate of drug-likeness (QED) is 0.903. The van der Waals surface area contributed by atoms with E-state index in [0.717, 1.165) is 0 Å². The second-order valence-electron chi connectivity index (χ2n) is 6.35. The molecule has 27 heavy (non-hydrogen) atoms. The van der Waals surface area contributed by atoms with E-state index in [4.69, 9.17) is 0 Å². The topological polar surface area (TPSA) is 69.7 Å². The van der Waals surface area contributed by atoms with E-state index in [-0.39, 0.29) is 17.7 Å². The molecule has 140 valence electrons. The number of carbonyl (C=O) groups is 3. The van der Waals surface area contributed by atoms with Crippen molar-refractivity contribution in [1.82, 2.24) is 9.80 Å². The Kier molecular flexibility index (Phi) is 5.49. The van der Waals surface area contributed by atoms with Gasteiger partial charge in [0.05, 0.1) is 0 Å². The predicted octanol–water partition coefficient (Wildman–Crippen LogP) is 2.38. The average molecular weight is 369 g/mol. The zero-order valence-corrected chi connectivity index (χ0v) is 14.9. The van der Waals surface area contributed by atoms with Crippen LogP contribution >= 0.6 is 0 Å². The molecule has 0 radical (unpaired) electrons. The number of carbonyl (C=O) groups excluding carboxylic acids is 3. The zero-order chi connectivity index (χ0) is 19.4. The fourth-order valence-corrected chi connectivity index (χ4v) is 3.00. The molecule has 0 unspecified atom stereocenters. The van der Waals surface area contributed by atoms with Crippen LogP contribution in [0.15, 0.2) is 48.5 Å². The van der Waals surface area contributed by atoms with E-state index in [1.54, 1.807) is 40.1 Å². The van der Waals surface area contributed by atoms with Crippen LogP contribution in [0.25, 0.3) is 0 Å². The number of anilines is 1. The molecule has 3 rings (SSSR count). The SMILES string of the molecule is CC(=O)Nc1ccc(C(=O)N2CCN(C(=O)c3cccc(F)c3)CC2)cc1. The highest BCUT2D eigenvalue weighted by atomic mass is 19.1. The summed E-state index contributed by atoms with van der Waals surface area (Å²) in [6.07, 6.45) is 0. The first kappa shape index (κ1) is 18.6. The number of hydrogen-bond acceptors (Lipinski definition) is 3. The van der Waals surface area contributed by atoms with Gasteiger partial charge in [-0.15, -0.1) is 0 Å². The molecule has 1 aliphatic heterocycles. The summed E-state index contributed by atoms with van der Waals surface area (Å²) in [6.45, 7) is 3.03. The third-order valence-corrected chi connectivity index (χ3v) is 4.38. The van der Waals surface area contributed by atoms with Gasteiger partial charge in [0, 0.05) is 49.9 Å². The van der Waals surface area contributed by atoms with Crippen LogP contribution in [-0.2, 0) is 4.79 Å². The molecular weight excluding hydrogens is 349 g/mol. The molecule has 1 aliphatic rings. The highest BCUT2D eigenvalue weighted by Gasteiger charge is 2.25. The van der Waals surface area contributed by atoms with Crippen LogP contribution in [0.1, 0.15) is 27.6 Å². The van der Waals surface area contributed by atoms with Crippen molar-refractivity contribution in [3.63, 3.8) is 0 Å². The Hall–Kier alpha value is -3.22. The van der Waals surface area contributed by atoms with E-state index < -0.39 is 5.82 Å². The third-order valence-electron chi connectivity index (χ3n) is 4.38. The van der Waals surface area contributed by atoms with Crippen LogP contribution < -0.4 is 5.32 Å². The van der Waals surface area contributed by atoms with Crippen molar-refractivity contribution in [2.45, 2.75) is 6.92 Å². The summed E-state index contributed by atoms with van der Waals surface area (Å²) >= 11 is 0. The molecule has 0 atom stereocenters. The standard InChI is InChI=1S/C20H20FN3O3/c1-14(25)22-18-7-5-15(6-8-18)19(26)23-9-11-24(12-10-23)20(27)16-3-2-4-17(21)13-16/h2-8,13H,9-12H2,1H3,(H,22,25). The second-order valence-corrected chi connectivity index (χ2v) is 6.35. The molecule has 1 N–H and O–H groups in total. The first-order chi connectivity index (χ1) is 12.9. The minimum absolute atomic E-state index is 0.123. The van der Waals surface area contributed by atoms with Crippen LogP contribution in [0.4, 0.5) is 10.1 Å². The minimum Gasteiger partial charge on any atom is -0.335 e. The fourth-order valence-electron chi connectivity index (χ4n) is 3.00. The monoisotopic (exact) mass is 369 g/mol. The molecule has 6 nitrogen and oxygen atoms in total. The number of benzene rings is 2. The van der Waals surface area contributed by atoms with Crippen molar-refractivity contribution < 1.29 is 18.8 Å². The van der Waals surface area contributed by atoms with Crippen LogP contribution in [-0.4, -0.2) is 53.7 Å². The molecule has 7 heteroatoms. The maximum Gasteiger partial charge on any atom is 0.254 e. The summed E-state index contributed by atoms with van der Waals surface area (Å²) in [5, 5.41) is 2.65. The summed E-state index contributed by atoms with van der Waals surface area (Å²) in [6, 6.07) is 12.3. The Balaban J connectivity index is 1.59. The Labute approximate surface area is 156 Å². The van der Waals surface area contributed by atoms with Gasteiger partial charge in [0.2, 0.25) is 5.91 Å². The molecule has 2 aromatic carbocycles. The number of amides is 3. The summed E-state index contributed by atoms with van der Waals surface area (Å²) in [4.78, 5) is 39.4. The predicted molar refractivity (Wildman–Crippen MR) is 99.0 cm³/mol. The maximum atomic E-state index is 13.3. The van der Waals surface area contributed by atoms with Gasteiger partial charge < -0.3 is 15.1 Å². The van der Waals surface area contributed by atoms with Gasteiger partial charge in [-0.25, -0.2) is 4.39 Å². The van der Waals surface area contributed by atoms with Gasteiger partial charge in [-0.05, 0) is 42.5 Å². The van der Waals surface area contributed by atoms with E-state index in [1.165, 1.54) is 25.1 Å². The molecule has 2 aromatic rings. The minimum atomic E-state index is -0.447. The lowest BCUT2D eigenvalue weighted by Crippen LogP contribution is -2.50. The van der Waals surface area contributed by atoms with E-state index in [1.807, 2.05) is 0 Å². The highest BCUT2D eigenvalue weighted by molar-refractivity contribution is 5.96. The largest absolute Gasteiger partial charge is 0.335 e. The molecule has 0 saturated carbocycles. The summed E-state index contributed by atoms with van der Waals surface area (Å²) in [7, 11) is 0. The van der Waals surface area contributed by atoms with Crippen molar-refractivity contribution >= 4 is 23.4 Å². The maximum absolute atomic E-state index is 13.3. The van der Waals surface area contributed by atoms with Gasteiger partial charge in [0.1, 0.15) is 5.82 Å². The van der Waals surface area contributed by atoms with Crippen molar-refractivity contribution in [2.75, 3.05) is 31.5 Å². The summed E-state index contributed by atoms with van der Waals surface area (Å²) in [5.41, 5.74) is 1.46. The second kappa shape index (κ2) is 7.99. The Morgan fingerprint density at radius 3 is 1.93 bits per heavy atom. The molecule has 0 aliphatic carbocycles. The molecule has 1 heterocycles. The lowest BCUT2D eigenvalue weighted by molar-refractivity contribution is -0.114. The molecule has 3 amide bonds. The van der Waals surface area contributed by atoms with Crippen molar-refractivity contribution in [2.24, 2.45) is 0 Å². The van der Waals surface area contributed by atoms with Gasteiger partial charge in [-0.2, -0.15) is 0 Å². The van der Waals surface area contributed by atoms with Gasteiger partial charge in [0.25, 0.3) is 11.8 Å². The van der Waals surface area contributed by atoms with Crippen LogP contribution in [0, 0.1) is 5.82 Å². The summed E-state index contributed by atoms with van der Waals surface area (Å²) < 4.78 is 13.3. The fraction of sp³-hybridized carbons (Fsp3) is 0.250. The van der Waals surface area contributed by atoms with Crippen LogP contribution in [0.5, 0.6) is 0 Å². The van der Waals surface area contributed by atoms with Gasteiger partial charge in [-0.3, -0.25) is 14.4 Å². The van der Waals surface area contributed by atoms with Gasteiger partial charge in [-0.1, -0.05) is 6.07 Å². The van der Waals surface area contributed by atoms with Crippen molar-refractivity contribution in [3.8, 4) is 0 Å². The molecule has 1 saturated heterocycles. The first-order valence-corrected chi connectivity index (χ1v) is 8.66. The Morgan fingerprint density at radius 2 is 1.41 bits per heavy atom. The number of hydrogen-bond donors (Lipinski definition) is 1. The van der Waals surface area contributed by atoms with Crippen molar-refractivity contribution in [3.05, 3.63) is 65.5 Å². The third kappa shape index (κ3) is 4.49. The lowest BCUT2D eigenvalue weighted by Gasteiger charge is -2.35. The first-order valence-electron chi connectivity index (χ1n) is 8.66. The number of nitrogens with one attached hydrogen (secondary N) is 1. The van der Waals surface area contributed by atoms with E-state index >= 15 is 0 Å². The highest BCUT2D eigenvalue weighted by Crippen LogP contribution is 2.15. The average Bonchev–Trinajstić information content (AvgIpc) is 2.67. The number of rotatable bonds is 3. The number of nitrogens with zero attached hydrogens (tertiary/aromatic N) is 2. The van der Waals surface area contributed by atoms with Gasteiger partial charge >= 0.3 is 0 Å². The number of piperazine rings is 1. The molecular formula is C20H20FN3O3. The Bertz CT molecular complexity index is 859. The summed E-state index contributed by atoms with van der Waals surface area (Å²) in [5.74, 6) is -0.978. The lowest BCUT2D eigenvalue weighted by atomic mass is 10.1. The smallest absolute Gasteiger partial charge is 0.254 e. The molecule has 1 fully saturated rings. The van der Waals surface area contributed by atoms with E-state index in [9.17, 15) is 18.8 Å². The molecule has 0 bridgehead atoms. The molecule has 0 spiro atoms.